The van der Waals surface area contributed by atoms with Crippen LogP contribution in [0.25, 0.3) is 0 Å². The first-order valence-corrected chi connectivity index (χ1v) is 8.40. The standard InChI is InChI=1S/C8H18OPS2/c1-3-5-7-9-10(11)12-8-6-4-2/h3-8H2,1-2H3/q+1. The van der Waals surface area contributed by atoms with E-state index >= 15 is 0 Å². The van der Waals surface area contributed by atoms with Crippen molar-refractivity contribution in [1.82, 2.24) is 0 Å². The molecule has 12 heavy (non-hydrogen) atoms. The van der Waals surface area contributed by atoms with E-state index in [0.717, 1.165) is 18.8 Å². The van der Waals surface area contributed by atoms with Crippen LogP contribution in [0.3, 0.4) is 0 Å². The maximum Gasteiger partial charge on any atom is 0.414 e. The Kier molecular flexibility index (Phi) is 10.6. The molecular formula is C8H18OPS2+. The van der Waals surface area contributed by atoms with E-state index in [1.807, 2.05) is 11.4 Å². The summed E-state index contributed by atoms with van der Waals surface area (Å²) < 4.78 is 5.47. The molecular weight excluding hydrogens is 207 g/mol. The lowest BCUT2D eigenvalue weighted by molar-refractivity contribution is 0.357. The predicted molar refractivity (Wildman–Crippen MR) is 62.5 cm³/mol. The summed E-state index contributed by atoms with van der Waals surface area (Å²) in [6, 6.07) is 0. The number of hydrogen-bond donors (Lipinski definition) is 0. The first-order chi connectivity index (χ1) is 5.81. The first kappa shape index (κ1) is 12.8. The van der Waals surface area contributed by atoms with Crippen LogP contribution in [0.5, 0.6) is 0 Å². The summed E-state index contributed by atoms with van der Waals surface area (Å²) >= 11 is 6.98. The van der Waals surface area contributed by atoms with Crippen molar-refractivity contribution in [3.63, 3.8) is 0 Å². The summed E-state index contributed by atoms with van der Waals surface area (Å²) in [5.41, 5.74) is 0. The zero-order valence-corrected chi connectivity index (χ0v) is 10.4. The van der Waals surface area contributed by atoms with E-state index in [9.17, 15) is 0 Å². The fourth-order valence-electron chi connectivity index (χ4n) is 0.604. The van der Waals surface area contributed by atoms with Crippen LogP contribution in [0.2, 0.25) is 0 Å². The van der Waals surface area contributed by atoms with Crippen LogP contribution in [0.1, 0.15) is 39.5 Å². The van der Waals surface area contributed by atoms with Crippen LogP contribution in [0.4, 0.5) is 0 Å². The van der Waals surface area contributed by atoms with E-state index in [4.69, 9.17) is 16.3 Å². The van der Waals surface area contributed by atoms with Gasteiger partial charge in [-0.3, -0.25) is 0 Å². The van der Waals surface area contributed by atoms with Crippen molar-refractivity contribution in [3.05, 3.63) is 0 Å². The highest BCUT2D eigenvalue weighted by Gasteiger charge is 2.12. The van der Waals surface area contributed by atoms with Crippen molar-refractivity contribution in [3.8, 4) is 0 Å². The third-order valence-electron chi connectivity index (χ3n) is 1.39. The molecule has 0 aliphatic carbocycles. The highest BCUT2D eigenvalue weighted by Crippen LogP contribution is 2.39. The smallest absolute Gasteiger partial charge is 0.158 e. The van der Waals surface area contributed by atoms with Gasteiger partial charge in [0.25, 0.3) is 0 Å². The second-order valence-corrected chi connectivity index (χ2v) is 7.43. The molecule has 0 rings (SSSR count). The van der Waals surface area contributed by atoms with Gasteiger partial charge in [-0.1, -0.05) is 26.7 Å². The van der Waals surface area contributed by atoms with Gasteiger partial charge in [-0.2, -0.15) is 4.52 Å². The Morgan fingerprint density at radius 3 is 2.50 bits per heavy atom. The molecule has 0 amide bonds. The lowest BCUT2D eigenvalue weighted by atomic mass is 10.4. The summed E-state index contributed by atoms with van der Waals surface area (Å²) in [6.07, 6.45) is 4.24. The van der Waals surface area contributed by atoms with E-state index in [-0.39, 0.29) is 0 Å². The number of unbranched alkanes of at least 4 members (excludes halogenated alkanes) is 2. The molecule has 0 fully saturated rings. The fraction of sp³-hybridized carbons (Fsp3) is 1.00. The Morgan fingerprint density at radius 1 is 1.25 bits per heavy atom. The molecule has 0 saturated carbocycles. The van der Waals surface area contributed by atoms with Crippen molar-refractivity contribution in [2.24, 2.45) is 0 Å². The molecule has 4 heteroatoms. The van der Waals surface area contributed by atoms with E-state index < -0.39 is 6.13 Å². The maximum atomic E-state index is 5.47. The van der Waals surface area contributed by atoms with Crippen molar-refractivity contribution >= 4 is 29.3 Å². The summed E-state index contributed by atoms with van der Waals surface area (Å²) in [7, 11) is 0. The topological polar surface area (TPSA) is 9.23 Å². The minimum atomic E-state index is -0.604. The Bertz CT molecular complexity index is 108. The Labute approximate surface area is 85.9 Å². The molecule has 1 atom stereocenters. The van der Waals surface area contributed by atoms with Crippen LogP contribution in [-0.4, -0.2) is 12.4 Å². The molecule has 72 valence electrons. The van der Waals surface area contributed by atoms with Gasteiger partial charge in [0.05, 0.1) is 0 Å². The summed E-state index contributed by atoms with van der Waals surface area (Å²) in [5.74, 6) is 1.16. The van der Waals surface area contributed by atoms with Crippen LogP contribution >= 0.6 is 17.5 Å². The molecule has 0 spiro atoms. The highest BCUT2D eigenvalue weighted by molar-refractivity contribution is 8.62. The molecule has 0 aromatic heterocycles. The van der Waals surface area contributed by atoms with Crippen molar-refractivity contribution in [2.45, 2.75) is 39.5 Å². The molecule has 0 saturated heterocycles. The first-order valence-electron chi connectivity index (χ1n) is 4.54. The lowest BCUT2D eigenvalue weighted by Crippen LogP contribution is -1.83. The monoisotopic (exact) mass is 225 g/mol. The van der Waals surface area contributed by atoms with Crippen molar-refractivity contribution in [1.29, 1.82) is 0 Å². The third kappa shape index (κ3) is 8.92. The van der Waals surface area contributed by atoms with Crippen molar-refractivity contribution in [2.75, 3.05) is 12.4 Å². The van der Waals surface area contributed by atoms with Gasteiger partial charge >= 0.3 is 6.13 Å². The van der Waals surface area contributed by atoms with E-state index in [0.29, 0.717) is 0 Å². The summed E-state index contributed by atoms with van der Waals surface area (Å²) in [4.78, 5) is 0. The molecule has 0 aliphatic rings. The Morgan fingerprint density at radius 2 is 1.92 bits per heavy atom. The molecule has 1 unspecified atom stereocenters. The average Bonchev–Trinajstić information content (AvgIpc) is 2.06. The van der Waals surface area contributed by atoms with Crippen LogP contribution in [0, 0.1) is 0 Å². The van der Waals surface area contributed by atoms with Crippen molar-refractivity contribution < 1.29 is 4.52 Å². The molecule has 0 heterocycles. The summed E-state index contributed by atoms with van der Waals surface area (Å²) in [5, 5.41) is 0. The van der Waals surface area contributed by atoms with Crippen LogP contribution < -0.4 is 0 Å². The van der Waals surface area contributed by atoms with Gasteiger partial charge in [0.1, 0.15) is 18.0 Å². The lowest BCUT2D eigenvalue weighted by Gasteiger charge is -1.91. The summed E-state index contributed by atoms with van der Waals surface area (Å²) in [6.45, 7) is 5.22. The van der Waals surface area contributed by atoms with Gasteiger partial charge < -0.3 is 0 Å². The largest absolute Gasteiger partial charge is 0.414 e. The zero-order valence-electron chi connectivity index (χ0n) is 7.91. The van der Waals surface area contributed by atoms with Gasteiger partial charge in [0, 0.05) is 5.75 Å². The minimum Gasteiger partial charge on any atom is -0.158 e. The van der Waals surface area contributed by atoms with Gasteiger partial charge in [0.15, 0.2) is 0 Å². The number of rotatable bonds is 8. The second-order valence-electron chi connectivity index (χ2n) is 2.60. The van der Waals surface area contributed by atoms with E-state index in [1.54, 1.807) is 0 Å². The van der Waals surface area contributed by atoms with Gasteiger partial charge in [-0.25, -0.2) is 0 Å². The van der Waals surface area contributed by atoms with Crippen LogP contribution in [-0.2, 0) is 16.3 Å². The average molecular weight is 225 g/mol. The maximum absolute atomic E-state index is 5.47. The van der Waals surface area contributed by atoms with E-state index in [1.165, 1.54) is 19.3 Å². The molecule has 0 N–H and O–H groups in total. The Hall–Kier alpha value is 0.830. The Balaban J connectivity index is 3.10. The number of hydrogen-bond acceptors (Lipinski definition) is 3. The normalized spacial score (nSPS) is 11.7. The van der Waals surface area contributed by atoms with Gasteiger partial charge in [-0.05, 0) is 12.8 Å². The molecule has 1 nitrogen and oxygen atoms in total. The quantitative estimate of drug-likeness (QED) is 0.454. The molecule has 0 aliphatic heterocycles. The highest BCUT2D eigenvalue weighted by atomic mass is 32.9. The molecule has 0 bridgehead atoms. The van der Waals surface area contributed by atoms with Gasteiger partial charge in [0.2, 0.25) is 11.8 Å². The molecule has 0 radical (unpaired) electrons. The predicted octanol–water partition coefficient (Wildman–Crippen LogP) is 4.11. The zero-order chi connectivity index (χ0) is 9.23. The van der Waals surface area contributed by atoms with Crippen LogP contribution in [0.15, 0.2) is 0 Å². The minimum absolute atomic E-state index is 0.604. The van der Waals surface area contributed by atoms with E-state index in [2.05, 4.69) is 13.8 Å². The molecule has 0 aromatic carbocycles. The SMILES string of the molecule is CCCCO[P+](=S)SCCCC. The van der Waals surface area contributed by atoms with Gasteiger partial charge in [-0.15, -0.1) is 0 Å². The fourth-order valence-corrected chi connectivity index (χ4v) is 3.70. The molecule has 0 aromatic rings. The second kappa shape index (κ2) is 9.91. The third-order valence-corrected chi connectivity index (χ3v) is 5.23.